The molecular formula is C21H27NO5S. The number of benzene rings is 2. The maximum Gasteiger partial charge on any atom is 0.338 e. The van der Waals surface area contributed by atoms with E-state index in [1.54, 1.807) is 19.1 Å². The summed E-state index contributed by atoms with van der Waals surface area (Å²) in [4.78, 5) is 11.7. The largest absolute Gasteiger partial charge is 0.489 e. The second-order valence-corrected chi connectivity index (χ2v) is 8.34. The highest BCUT2D eigenvalue weighted by Crippen LogP contribution is 2.23. The van der Waals surface area contributed by atoms with Gasteiger partial charge in [0.2, 0.25) is 10.0 Å². The fourth-order valence-corrected chi connectivity index (χ4v) is 3.77. The standard InChI is InChI=1S/C21H27NO5S/c1-4-14-28(24,25)22-15-16(3)27-20-12-10-18(11-13-20)17-6-8-19(9-7-17)21(23)26-5-2/h6-13,16,22H,4-5,14-15H2,1-3H3. The van der Waals surface area contributed by atoms with Crippen molar-refractivity contribution in [1.29, 1.82) is 0 Å². The SMILES string of the molecule is CCCS(=O)(=O)NCC(C)Oc1ccc(-c2ccc(C(=O)OCC)cc2)cc1. The van der Waals surface area contributed by atoms with Gasteiger partial charge in [-0.3, -0.25) is 0 Å². The first-order chi connectivity index (χ1) is 13.3. The van der Waals surface area contributed by atoms with Crippen molar-refractivity contribution in [3.05, 3.63) is 54.1 Å². The first-order valence-electron chi connectivity index (χ1n) is 9.36. The average Bonchev–Trinajstić information content (AvgIpc) is 2.67. The summed E-state index contributed by atoms with van der Waals surface area (Å²) in [6.07, 6.45) is 0.286. The maximum atomic E-state index is 11.7. The molecule has 2 aromatic rings. The molecule has 0 heterocycles. The van der Waals surface area contributed by atoms with Crippen molar-refractivity contribution in [2.45, 2.75) is 33.3 Å². The van der Waals surface area contributed by atoms with Crippen LogP contribution in [-0.2, 0) is 14.8 Å². The Balaban J connectivity index is 1.95. The number of ether oxygens (including phenoxy) is 2. The van der Waals surface area contributed by atoms with Crippen LogP contribution >= 0.6 is 0 Å². The minimum Gasteiger partial charge on any atom is -0.489 e. The molecule has 0 amide bonds. The van der Waals surface area contributed by atoms with E-state index in [2.05, 4.69) is 4.72 Å². The Kier molecular flexibility index (Phi) is 8.02. The van der Waals surface area contributed by atoms with E-state index in [0.717, 1.165) is 11.1 Å². The molecule has 0 radical (unpaired) electrons. The molecule has 152 valence electrons. The van der Waals surface area contributed by atoms with Gasteiger partial charge in [-0.25, -0.2) is 17.9 Å². The van der Waals surface area contributed by atoms with Gasteiger partial charge < -0.3 is 9.47 Å². The predicted octanol–water partition coefficient (Wildman–Crippen LogP) is 3.63. The topological polar surface area (TPSA) is 81.7 Å². The lowest BCUT2D eigenvalue weighted by Gasteiger charge is -2.16. The van der Waals surface area contributed by atoms with Crippen LogP contribution in [0.15, 0.2) is 48.5 Å². The van der Waals surface area contributed by atoms with E-state index < -0.39 is 10.0 Å². The Morgan fingerprint density at radius 2 is 1.57 bits per heavy atom. The minimum atomic E-state index is -3.24. The summed E-state index contributed by atoms with van der Waals surface area (Å²) in [6.45, 7) is 5.98. The second-order valence-electron chi connectivity index (χ2n) is 6.42. The van der Waals surface area contributed by atoms with Crippen molar-refractivity contribution in [3.63, 3.8) is 0 Å². The van der Waals surface area contributed by atoms with E-state index in [0.29, 0.717) is 24.3 Å². The number of esters is 1. The van der Waals surface area contributed by atoms with Gasteiger partial charge in [-0.2, -0.15) is 0 Å². The second kappa shape index (κ2) is 10.2. The van der Waals surface area contributed by atoms with Crippen molar-refractivity contribution in [2.75, 3.05) is 18.9 Å². The van der Waals surface area contributed by atoms with Gasteiger partial charge in [0.15, 0.2) is 0 Å². The Hall–Kier alpha value is -2.38. The lowest BCUT2D eigenvalue weighted by Crippen LogP contribution is -2.34. The zero-order valence-electron chi connectivity index (χ0n) is 16.5. The number of rotatable bonds is 10. The maximum absolute atomic E-state index is 11.7. The molecule has 0 aliphatic heterocycles. The Morgan fingerprint density at radius 1 is 1.00 bits per heavy atom. The third-order valence-corrected chi connectivity index (χ3v) is 5.54. The molecule has 0 aromatic heterocycles. The number of carbonyl (C=O) groups excluding carboxylic acids is 1. The lowest BCUT2D eigenvalue weighted by atomic mass is 10.0. The van der Waals surface area contributed by atoms with Crippen LogP contribution in [0.4, 0.5) is 0 Å². The Morgan fingerprint density at radius 3 is 2.11 bits per heavy atom. The Bertz CT molecular complexity index is 861. The predicted molar refractivity (Wildman–Crippen MR) is 110 cm³/mol. The first kappa shape index (κ1) is 21.9. The number of hydrogen-bond donors (Lipinski definition) is 1. The number of sulfonamides is 1. The highest BCUT2D eigenvalue weighted by molar-refractivity contribution is 7.89. The highest BCUT2D eigenvalue weighted by atomic mass is 32.2. The van der Waals surface area contributed by atoms with Crippen LogP contribution in [0.25, 0.3) is 11.1 Å². The monoisotopic (exact) mass is 405 g/mol. The third kappa shape index (κ3) is 6.65. The van der Waals surface area contributed by atoms with Crippen molar-refractivity contribution < 1.29 is 22.7 Å². The van der Waals surface area contributed by atoms with E-state index in [4.69, 9.17) is 9.47 Å². The van der Waals surface area contributed by atoms with Crippen molar-refractivity contribution in [2.24, 2.45) is 0 Å². The van der Waals surface area contributed by atoms with E-state index in [1.807, 2.05) is 50.2 Å². The van der Waals surface area contributed by atoms with Gasteiger partial charge in [-0.1, -0.05) is 31.2 Å². The summed E-state index contributed by atoms with van der Waals surface area (Å²) >= 11 is 0. The average molecular weight is 406 g/mol. The van der Waals surface area contributed by atoms with Gasteiger partial charge in [-0.05, 0) is 55.7 Å². The zero-order chi connectivity index (χ0) is 20.6. The zero-order valence-corrected chi connectivity index (χ0v) is 17.3. The van der Waals surface area contributed by atoms with Gasteiger partial charge in [0, 0.05) is 6.54 Å². The summed E-state index contributed by atoms with van der Waals surface area (Å²) in [6, 6.07) is 14.7. The number of carbonyl (C=O) groups is 1. The van der Waals surface area contributed by atoms with Crippen LogP contribution in [0.1, 0.15) is 37.6 Å². The van der Waals surface area contributed by atoms with Crippen LogP contribution in [0, 0.1) is 0 Å². The molecule has 0 spiro atoms. The molecule has 0 aliphatic rings. The van der Waals surface area contributed by atoms with Gasteiger partial charge in [0.05, 0.1) is 17.9 Å². The molecule has 0 fully saturated rings. The van der Waals surface area contributed by atoms with Crippen molar-refractivity contribution in [1.82, 2.24) is 4.72 Å². The molecule has 0 saturated carbocycles. The van der Waals surface area contributed by atoms with Gasteiger partial charge in [0.25, 0.3) is 0 Å². The molecule has 6 nitrogen and oxygen atoms in total. The van der Waals surface area contributed by atoms with E-state index >= 15 is 0 Å². The summed E-state index contributed by atoms with van der Waals surface area (Å²) in [5, 5.41) is 0. The van der Waals surface area contributed by atoms with E-state index in [9.17, 15) is 13.2 Å². The summed E-state index contributed by atoms with van der Waals surface area (Å²) in [5.74, 6) is 0.444. The smallest absolute Gasteiger partial charge is 0.338 e. The number of nitrogens with one attached hydrogen (secondary N) is 1. The quantitative estimate of drug-likeness (QED) is 0.611. The van der Waals surface area contributed by atoms with Gasteiger partial charge >= 0.3 is 5.97 Å². The molecule has 1 N–H and O–H groups in total. The normalized spacial score (nSPS) is 12.4. The molecule has 7 heteroatoms. The van der Waals surface area contributed by atoms with Gasteiger partial charge in [0.1, 0.15) is 11.9 Å². The van der Waals surface area contributed by atoms with Crippen LogP contribution < -0.4 is 9.46 Å². The van der Waals surface area contributed by atoms with Crippen LogP contribution in [0.2, 0.25) is 0 Å². The molecule has 0 saturated heterocycles. The fraction of sp³-hybridized carbons (Fsp3) is 0.381. The van der Waals surface area contributed by atoms with E-state index in [-0.39, 0.29) is 24.4 Å². The van der Waals surface area contributed by atoms with Crippen molar-refractivity contribution in [3.8, 4) is 16.9 Å². The summed E-state index contributed by atoms with van der Waals surface area (Å²) < 4.78 is 36.7. The molecular weight excluding hydrogens is 378 g/mol. The van der Waals surface area contributed by atoms with Crippen LogP contribution in [0.5, 0.6) is 5.75 Å². The molecule has 2 aromatic carbocycles. The Labute approximate surface area is 166 Å². The van der Waals surface area contributed by atoms with Gasteiger partial charge in [-0.15, -0.1) is 0 Å². The van der Waals surface area contributed by atoms with E-state index in [1.165, 1.54) is 0 Å². The molecule has 2 rings (SSSR count). The highest BCUT2D eigenvalue weighted by Gasteiger charge is 2.12. The minimum absolute atomic E-state index is 0.114. The lowest BCUT2D eigenvalue weighted by molar-refractivity contribution is 0.0526. The molecule has 1 unspecified atom stereocenters. The van der Waals surface area contributed by atoms with Crippen LogP contribution in [-0.4, -0.2) is 39.4 Å². The molecule has 0 aliphatic carbocycles. The molecule has 0 bridgehead atoms. The number of hydrogen-bond acceptors (Lipinski definition) is 5. The van der Waals surface area contributed by atoms with Crippen LogP contribution in [0.3, 0.4) is 0 Å². The molecule has 28 heavy (non-hydrogen) atoms. The fourth-order valence-electron chi connectivity index (χ4n) is 2.60. The van der Waals surface area contributed by atoms with Crippen molar-refractivity contribution >= 4 is 16.0 Å². The summed E-state index contributed by atoms with van der Waals surface area (Å²) in [5.41, 5.74) is 2.48. The molecule has 1 atom stereocenters. The first-order valence-corrected chi connectivity index (χ1v) is 11.0. The summed E-state index contributed by atoms with van der Waals surface area (Å²) in [7, 11) is -3.24. The third-order valence-electron chi connectivity index (χ3n) is 3.98.